The van der Waals surface area contributed by atoms with Crippen LogP contribution in [0.3, 0.4) is 0 Å². The van der Waals surface area contributed by atoms with E-state index in [-0.39, 0.29) is 5.75 Å². The Bertz CT molecular complexity index is 595. The number of halogens is 1. The molecule has 1 aromatic heterocycles. The number of aryl methyl sites for hydroxylation is 1. The molecule has 1 aromatic carbocycles. The molecule has 0 amide bonds. The summed E-state index contributed by atoms with van der Waals surface area (Å²) in [4.78, 5) is 4.25. The maximum Gasteiger partial charge on any atom is 0.298 e. The van der Waals surface area contributed by atoms with Crippen LogP contribution in [0.1, 0.15) is 30.1 Å². The Morgan fingerprint density at radius 1 is 1.44 bits per heavy atom. The number of rotatable bonds is 3. The largest absolute Gasteiger partial charge is 0.427 e. The van der Waals surface area contributed by atoms with E-state index in [2.05, 4.69) is 9.36 Å². The third kappa shape index (κ3) is 2.15. The van der Waals surface area contributed by atoms with E-state index in [9.17, 15) is 4.39 Å². The zero-order valence-corrected chi connectivity index (χ0v) is 10.6. The van der Waals surface area contributed by atoms with E-state index in [1.165, 1.54) is 6.07 Å². The van der Waals surface area contributed by atoms with Crippen LogP contribution >= 0.6 is 11.5 Å². The molecule has 0 spiro atoms. The first-order valence-electron chi connectivity index (χ1n) is 5.70. The monoisotopic (exact) mass is 265 g/mol. The molecule has 94 valence electrons. The minimum atomic E-state index is -0.485. The molecule has 0 unspecified atom stereocenters. The van der Waals surface area contributed by atoms with Gasteiger partial charge in [0, 0.05) is 29.2 Å². The first-order valence-corrected chi connectivity index (χ1v) is 6.48. The van der Waals surface area contributed by atoms with Crippen molar-refractivity contribution in [3.8, 4) is 10.9 Å². The molecule has 1 heterocycles. The van der Waals surface area contributed by atoms with Crippen molar-refractivity contribution in [3.05, 3.63) is 29.3 Å². The SMILES string of the molecule is Cc1cc(Oc2nc(C3CC3)ns2)c(F)cc1N. The van der Waals surface area contributed by atoms with Gasteiger partial charge >= 0.3 is 0 Å². The van der Waals surface area contributed by atoms with Crippen LogP contribution < -0.4 is 10.5 Å². The zero-order valence-electron chi connectivity index (χ0n) is 9.81. The predicted octanol–water partition coefficient (Wildman–Crippen LogP) is 3.24. The predicted molar refractivity (Wildman–Crippen MR) is 67.5 cm³/mol. The smallest absolute Gasteiger partial charge is 0.298 e. The van der Waals surface area contributed by atoms with Gasteiger partial charge in [-0.2, -0.15) is 9.36 Å². The Labute approximate surface area is 108 Å². The first-order chi connectivity index (χ1) is 8.63. The fourth-order valence-electron chi connectivity index (χ4n) is 1.61. The van der Waals surface area contributed by atoms with E-state index in [0.717, 1.165) is 35.8 Å². The molecule has 1 aliphatic rings. The average molecular weight is 265 g/mol. The number of nitrogen functional groups attached to an aromatic ring is 1. The highest BCUT2D eigenvalue weighted by molar-refractivity contribution is 7.07. The average Bonchev–Trinajstić information content (AvgIpc) is 3.07. The number of hydrogen-bond acceptors (Lipinski definition) is 5. The Kier molecular flexibility index (Phi) is 2.66. The highest BCUT2D eigenvalue weighted by atomic mass is 32.1. The lowest BCUT2D eigenvalue weighted by atomic mass is 10.2. The Hall–Kier alpha value is -1.69. The lowest BCUT2D eigenvalue weighted by molar-refractivity contribution is 0.438. The number of nitrogens with two attached hydrogens (primary N) is 1. The van der Waals surface area contributed by atoms with Crippen LogP contribution in [0, 0.1) is 12.7 Å². The minimum Gasteiger partial charge on any atom is -0.427 e. The quantitative estimate of drug-likeness (QED) is 0.865. The minimum absolute atomic E-state index is 0.139. The van der Waals surface area contributed by atoms with Gasteiger partial charge in [-0.1, -0.05) is 0 Å². The van der Waals surface area contributed by atoms with Gasteiger partial charge in [-0.3, -0.25) is 0 Å². The van der Waals surface area contributed by atoms with E-state index in [0.29, 0.717) is 16.8 Å². The van der Waals surface area contributed by atoms with E-state index in [1.807, 2.05) is 0 Å². The van der Waals surface area contributed by atoms with Gasteiger partial charge in [0.05, 0.1) is 0 Å². The Morgan fingerprint density at radius 2 is 2.22 bits per heavy atom. The van der Waals surface area contributed by atoms with E-state index in [1.54, 1.807) is 13.0 Å². The van der Waals surface area contributed by atoms with Gasteiger partial charge in [0.1, 0.15) is 5.82 Å². The van der Waals surface area contributed by atoms with Crippen LogP contribution in [0.15, 0.2) is 12.1 Å². The lowest BCUT2D eigenvalue weighted by Gasteiger charge is -2.06. The molecule has 2 aromatic rings. The highest BCUT2D eigenvalue weighted by Gasteiger charge is 2.28. The second kappa shape index (κ2) is 4.20. The topological polar surface area (TPSA) is 61.0 Å². The summed E-state index contributed by atoms with van der Waals surface area (Å²) in [6, 6.07) is 2.83. The summed E-state index contributed by atoms with van der Waals surface area (Å²) in [6.07, 6.45) is 2.26. The number of ether oxygens (including phenoxy) is 1. The van der Waals surface area contributed by atoms with Crippen molar-refractivity contribution in [1.82, 2.24) is 9.36 Å². The van der Waals surface area contributed by atoms with Gasteiger partial charge in [-0.15, -0.1) is 0 Å². The molecule has 0 atom stereocenters. The van der Waals surface area contributed by atoms with Crippen LogP contribution in [0.2, 0.25) is 0 Å². The molecule has 1 aliphatic carbocycles. The molecule has 6 heteroatoms. The summed E-state index contributed by atoms with van der Waals surface area (Å²) >= 11 is 1.15. The van der Waals surface area contributed by atoms with E-state index in [4.69, 9.17) is 10.5 Å². The van der Waals surface area contributed by atoms with Crippen LogP contribution in [0.4, 0.5) is 10.1 Å². The maximum atomic E-state index is 13.6. The van der Waals surface area contributed by atoms with Crippen molar-refractivity contribution >= 4 is 17.2 Å². The molecule has 0 saturated heterocycles. The number of aromatic nitrogens is 2. The molecule has 1 fully saturated rings. The molecule has 2 N–H and O–H groups in total. The number of benzene rings is 1. The fraction of sp³-hybridized carbons (Fsp3) is 0.333. The summed E-state index contributed by atoms with van der Waals surface area (Å²) in [5.74, 6) is 0.931. The molecule has 4 nitrogen and oxygen atoms in total. The molecule has 0 radical (unpaired) electrons. The van der Waals surface area contributed by atoms with Crippen molar-refractivity contribution in [2.75, 3.05) is 5.73 Å². The van der Waals surface area contributed by atoms with Gasteiger partial charge in [0.2, 0.25) is 0 Å². The van der Waals surface area contributed by atoms with Crippen molar-refractivity contribution in [2.45, 2.75) is 25.7 Å². The zero-order chi connectivity index (χ0) is 12.7. The standard InChI is InChI=1S/C12H12FN3OS/c1-6-4-10(8(13)5-9(6)14)17-12-15-11(16-18-12)7-2-3-7/h4-5,7H,2-3,14H2,1H3. The van der Waals surface area contributed by atoms with E-state index < -0.39 is 5.82 Å². The lowest BCUT2D eigenvalue weighted by Crippen LogP contribution is -1.94. The highest BCUT2D eigenvalue weighted by Crippen LogP contribution is 2.40. The van der Waals surface area contributed by atoms with Gasteiger partial charge in [0.15, 0.2) is 11.6 Å². The molecule has 3 rings (SSSR count). The molecule has 1 saturated carbocycles. The van der Waals surface area contributed by atoms with Crippen LogP contribution in [-0.4, -0.2) is 9.36 Å². The molecule has 18 heavy (non-hydrogen) atoms. The van der Waals surface area contributed by atoms with Crippen LogP contribution in [-0.2, 0) is 0 Å². The third-order valence-electron chi connectivity index (χ3n) is 2.88. The maximum absolute atomic E-state index is 13.6. The third-order valence-corrected chi connectivity index (χ3v) is 3.49. The van der Waals surface area contributed by atoms with Crippen LogP contribution in [0.5, 0.6) is 10.9 Å². The summed E-state index contributed by atoms with van der Waals surface area (Å²) < 4.78 is 23.3. The molecule has 0 aliphatic heterocycles. The van der Waals surface area contributed by atoms with Crippen molar-refractivity contribution in [1.29, 1.82) is 0 Å². The van der Waals surface area contributed by atoms with Crippen molar-refractivity contribution in [2.24, 2.45) is 0 Å². The second-order valence-electron chi connectivity index (χ2n) is 4.43. The normalized spacial score (nSPS) is 14.8. The number of anilines is 1. The summed E-state index contributed by atoms with van der Waals surface area (Å²) in [6.45, 7) is 1.80. The molecular formula is C12H12FN3OS. The van der Waals surface area contributed by atoms with Gasteiger partial charge in [0.25, 0.3) is 5.19 Å². The summed E-state index contributed by atoms with van der Waals surface area (Å²) in [5, 5.41) is 0.375. The van der Waals surface area contributed by atoms with E-state index >= 15 is 0 Å². The summed E-state index contributed by atoms with van der Waals surface area (Å²) in [5.41, 5.74) is 6.80. The second-order valence-corrected chi connectivity index (χ2v) is 5.15. The molecule has 0 bridgehead atoms. The van der Waals surface area contributed by atoms with Gasteiger partial charge < -0.3 is 10.5 Å². The van der Waals surface area contributed by atoms with Gasteiger partial charge in [-0.05, 0) is 31.4 Å². The molecular weight excluding hydrogens is 253 g/mol. The number of nitrogens with zero attached hydrogens (tertiary/aromatic N) is 2. The van der Waals surface area contributed by atoms with Crippen molar-refractivity contribution in [3.63, 3.8) is 0 Å². The first kappa shape index (κ1) is 11.4. The fourth-order valence-corrected chi connectivity index (χ4v) is 2.23. The number of hydrogen-bond donors (Lipinski definition) is 1. The summed E-state index contributed by atoms with van der Waals surface area (Å²) in [7, 11) is 0. The Balaban J connectivity index is 1.84. The Morgan fingerprint density at radius 3 is 2.94 bits per heavy atom. The van der Waals surface area contributed by atoms with Crippen molar-refractivity contribution < 1.29 is 9.13 Å². The van der Waals surface area contributed by atoms with Crippen LogP contribution in [0.25, 0.3) is 0 Å². The van der Waals surface area contributed by atoms with Gasteiger partial charge in [-0.25, -0.2) is 4.39 Å².